The van der Waals surface area contributed by atoms with E-state index in [-0.39, 0.29) is 10.9 Å². The van der Waals surface area contributed by atoms with Crippen molar-refractivity contribution < 1.29 is 19.2 Å². The molecule has 9 heteroatoms. The summed E-state index contributed by atoms with van der Waals surface area (Å²) in [6.07, 6.45) is 3.28. The van der Waals surface area contributed by atoms with Crippen LogP contribution < -0.4 is 5.73 Å². The molecule has 3 heterocycles. The van der Waals surface area contributed by atoms with Crippen LogP contribution in [0.3, 0.4) is 0 Å². The number of carbonyl (C=O) groups excluding carboxylic acids is 1. The zero-order valence-electron chi connectivity index (χ0n) is 13.4. The number of fused-ring (bicyclic) bond motifs is 1. The molecule has 0 spiro atoms. The van der Waals surface area contributed by atoms with Crippen LogP contribution in [0.1, 0.15) is 24.6 Å². The van der Waals surface area contributed by atoms with E-state index in [1.165, 1.54) is 0 Å². The van der Waals surface area contributed by atoms with Crippen molar-refractivity contribution in [2.45, 2.75) is 19.8 Å². The Morgan fingerprint density at radius 2 is 2.29 bits per heavy atom. The maximum absolute atomic E-state index is 11.7. The Morgan fingerprint density at radius 3 is 2.96 bits per heavy atom. The maximum atomic E-state index is 11.7. The minimum absolute atomic E-state index is 0.121. The largest absolute Gasteiger partial charge is 0.483 e. The fourth-order valence-corrected chi connectivity index (χ4v) is 3.25. The van der Waals surface area contributed by atoms with Gasteiger partial charge in [-0.15, -0.1) is 0 Å². The van der Waals surface area contributed by atoms with Crippen molar-refractivity contribution in [3.05, 3.63) is 28.8 Å². The molecule has 1 aromatic heterocycles. The van der Waals surface area contributed by atoms with Gasteiger partial charge in [-0.3, -0.25) is 4.79 Å². The van der Waals surface area contributed by atoms with Crippen LogP contribution in [0.4, 0.5) is 4.79 Å². The second-order valence-corrected chi connectivity index (χ2v) is 6.84. The summed E-state index contributed by atoms with van der Waals surface area (Å²) in [6.45, 7) is 3.85. The van der Waals surface area contributed by atoms with E-state index in [4.69, 9.17) is 25.2 Å². The summed E-state index contributed by atoms with van der Waals surface area (Å²) in [4.78, 5) is 26.6. The Bertz CT molecular complexity index is 683. The van der Waals surface area contributed by atoms with Gasteiger partial charge in [0.15, 0.2) is 0 Å². The van der Waals surface area contributed by atoms with Crippen LogP contribution in [0.2, 0.25) is 0 Å². The minimum Gasteiger partial charge on any atom is -0.483 e. The van der Waals surface area contributed by atoms with Crippen molar-refractivity contribution in [3.63, 3.8) is 0 Å². The normalized spacial score (nSPS) is 20.3. The molecule has 8 nitrogen and oxygen atoms in total. The van der Waals surface area contributed by atoms with Gasteiger partial charge in [0, 0.05) is 0 Å². The predicted octanol–water partition coefficient (Wildman–Crippen LogP) is 0.564. The summed E-state index contributed by atoms with van der Waals surface area (Å²) >= 11 is 1.11. The monoisotopic (exact) mass is 388 g/mol. The number of hydrogen-bond donors (Lipinski definition) is 2. The van der Waals surface area contributed by atoms with Gasteiger partial charge in [0.25, 0.3) is 6.47 Å². The quantitative estimate of drug-likeness (QED) is 0.535. The van der Waals surface area contributed by atoms with Gasteiger partial charge in [0.05, 0.1) is 0 Å². The van der Waals surface area contributed by atoms with E-state index in [0.717, 1.165) is 59.8 Å². The average Bonchev–Trinajstić information content (AvgIpc) is 2.91. The summed E-state index contributed by atoms with van der Waals surface area (Å²) in [6, 6.07) is 0. The van der Waals surface area contributed by atoms with Crippen molar-refractivity contribution in [3.8, 4) is 0 Å². The van der Waals surface area contributed by atoms with Crippen molar-refractivity contribution in [1.29, 1.82) is 0 Å². The average molecular weight is 389 g/mol. The van der Waals surface area contributed by atoms with Crippen molar-refractivity contribution in [2.75, 3.05) is 19.6 Å². The molecule has 1 amide bonds. The van der Waals surface area contributed by atoms with Crippen LogP contribution in [0, 0.1) is 5.92 Å². The smallest absolute Gasteiger partial charge is 0.290 e. The number of rotatable bonds is 1. The first-order valence-electron chi connectivity index (χ1n) is 7.56. The number of amides is 1. The molecule has 2 aliphatic rings. The third-order valence-electron chi connectivity index (χ3n) is 3.98. The second-order valence-electron chi connectivity index (χ2n) is 5.81. The Hall–Kier alpha value is -2.00. The third kappa shape index (κ3) is 4.09. The fraction of sp³-hybridized carbons (Fsp3) is 0.467. The number of carbonyl (C=O) groups is 2. The Kier molecular flexibility index (Phi) is 6.27. The Labute approximate surface area is 149 Å². The number of hydrogen-bond acceptors (Lipinski definition) is 6. The van der Waals surface area contributed by atoms with Gasteiger partial charge in [-0.2, -0.15) is 0 Å². The van der Waals surface area contributed by atoms with E-state index >= 15 is 0 Å². The summed E-state index contributed by atoms with van der Waals surface area (Å²) in [5.41, 5.74) is 10.6. The number of nitrogens with zero attached hydrogens (tertiary/aromatic N) is 3. The van der Waals surface area contributed by atoms with Gasteiger partial charge < -0.3 is 5.11 Å². The molecule has 2 aliphatic heterocycles. The summed E-state index contributed by atoms with van der Waals surface area (Å²) < 4.78 is 5.25. The van der Waals surface area contributed by atoms with Crippen LogP contribution in [0.25, 0.3) is 0 Å². The molecule has 1 atom stereocenters. The molecule has 0 saturated heterocycles. The van der Waals surface area contributed by atoms with Gasteiger partial charge in [-0.1, -0.05) is 0 Å². The van der Waals surface area contributed by atoms with Crippen LogP contribution in [0.15, 0.2) is 27.0 Å². The SMILES string of the molecule is CC1CN=C(C2=C(N)CCN([C](=O)[Ga])C2)c2nocc2C1.O=CO. The third-order valence-corrected chi connectivity index (χ3v) is 4.75. The molecule has 0 saturated carbocycles. The molecule has 3 N–H and O–H groups in total. The molecule has 1 unspecified atom stereocenters. The zero-order chi connectivity index (χ0) is 17.7. The van der Waals surface area contributed by atoms with E-state index in [1.54, 1.807) is 6.26 Å². The van der Waals surface area contributed by atoms with Crippen molar-refractivity contribution in [1.82, 2.24) is 10.1 Å². The van der Waals surface area contributed by atoms with E-state index in [2.05, 4.69) is 12.1 Å². The molecule has 24 heavy (non-hydrogen) atoms. The predicted molar refractivity (Wildman–Crippen MR) is 88.0 cm³/mol. The molecular formula is C15H19GaN4O4. The van der Waals surface area contributed by atoms with Gasteiger partial charge in [0.2, 0.25) is 0 Å². The number of carboxylic acid groups (broad SMARTS) is 1. The number of aromatic nitrogens is 1. The first-order valence-corrected chi connectivity index (χ1v) is 8.77. The van der Waals surface area contributed by atoms with Crippen molar-refractivity contribution >= 4 is 35.2 Å². The summed E-state index contributed by atoms with van der Waals surface area (Å²) in [7, 11) is 0. The topological polar surface area (TPSA) is 122 Å². The van der Waals surface area contributed by atoms with E-state index in [1.807, 2.05) is 4.90 Å². The summed E-state index contributed by atoms with van der Waals surface area (Å²) in [5, 5.41) is 11.0. The molecule has 0 aliphatic carbocycles. The Morgan fingerprint density at radius 1 is 1.58 bits per heavy atom. The fourth-order valence-electron chi connectivity index (χ4n) is 2.79. The molecule has 126 valence electrons. The van der Waals surface area contributed by atoms with E-state index in [0.29, 0.717) is 25.4 Å². The molecular weight excluding hydrogens is 370 g/mol. The van der Waals surface area contributed by atoms with Crippen molar-refractivity contribution in [2.24, 2.45) is 16.6 Å². The van der Waals surface area contributed by atoms with E-state index in [9.17, 15) is 4.79 Å². The standard InChI is InChI=1S/C14H17N4O2.CH2O2.Ga/c1-9-4-10-7-20-17-13(10)14(16-5-9)11-6-18(8-19)3-2-12(11)15;2-1-3;/h7,9H,2-6,15H2,1H3;1H,(H,2,3);. The van der Waals surface area contributed by atoms with Gasteiger partial charge >= 0.3 is 133 Å². The molecule has 1 aromatic rings. The van der Waals surface area contributed by atoms with Gasteiger partial charge in [0.1, 0.15) is 0 Å². The first kappa shape index (κ1) is 18.3. The zero-order valence-corrected chi connectivity index (χ0v) is 15.9. The second kappa shape index (κ2) is 8.20. The van der Waals surface area contributed by atoms with Crippen LogP contribution >= 0.6 is 0 Å². The van der Waals surface area contributed by atoms with Crippen LogP contribution in [-0.4, -0.2) is 70.0 Å². The van der Waals surface area contributed by atoms with Crippen LogP contribution in [-0.2, 0) is 11.2 Å². The van der Waals surface area contributed by atoms with E-state index < -0.39 is 0 Å². The minimum atomic E-state index is -0.250. The number of nitrogens with two attached hydrogens (primary N) is 1. The van der Waals surface area contributed by atoms with Gasteiger partial charge in [-0.25, -0.2) is 0 Å². The molecule has 0 bridgehead atoms. The number of aliphatic imine (C=N–C) groups is 1. The molecule has 0 fully saturated rings. The molecule has 2 radical (unpaired) electrons. The van der Waals surface area contributed by atoms with Gasteiger partial charge in [-0.05, 0) is 0 Å². The maximum Gasteiger partial charge on any atom is 0.290 e. The first-order chi connectivity index (χ1) is 11.5. The van der Waals surface area contributed by atoms with Crippen LogP contribution in [0.5, 0.6) is 0 Å². The Balaban J connectivity index is 0.000000647. The molecule has 0 aromatic carbocycles. The summed E-state index contributed by atoms with van der Waals surface area (Å²) in [5.74, 6) is 0.443. The molecule has 3 rings (SSSR count).